The van der Waals surface area contributed by atoms with Crippen LogP contribution in [0.15, 0.2) is 23.1 Å². The maximum absolute atomic E-state index is 12.3. The highest BCUT2D eigenvalue weighted by Crippen LogP contribution is 2.40. The van der Waals surface area contributed by atoms with Gasteiger partial charge in [0.15, 0.2) is 0 Å². The second-order valence-electron chi connectivity index (χ2n) is 3.11. The summed E-state index contributed by atoms with van der Waals surface area (Å²) in [7, 11) is 0. The lowest BCUT2D eigenvalue weighted by Gasteiger charge is -2.11. The fourth-order valence-electron chi connectivity index (χ4n) is 1.18. The van der Waals surface area contributed by atoms with E-state index in [1.54, 1.807) is 0 Å². The fourth-order valence-corrected chi connectivity index (χ4v) is 2.37. The van der Waals surface area contributed by atoms with Gasteiger partial charge in [-0.05, 0) is 29.5 Å². The van der Waals surface area contributed by atoms with Gasteiger partial charge in [-0.25, -0.2) is 0 Å². The van der Waals surface area contributed by atoms with Gasteiger partial charge in [0, 0.05) is 16.3 Å². The van der Waals surface area contributed by atoms with Crippen molar-refractivity contribution in [3.8, 4) is 0 Å². The molecular weight excluding hydrogens is 341 g/mol. The summed E-state index contributed by atoms with van der Waals surface area (Å²) < 4.78 is 36.9. The van der Waals surface area contributed by atoms with E-state index in [2.05, 4.69) is 15.9 Å². The first kappa shape index (κ1) is 14.9. The summed E-state index contributed by atoms with van der Waals surface area (Å²) in [6, 6.07) is 4.21. The second kappa shape index (κ2) is 6.11. The van der Waals surface area contributed by atoms with Crippen LogP contribution in [0.2, 0.25) is 5.02 Å². The lowest BCUT2D eigenvalue weighted by atomic mass is 10.1. The van der Waals surface area contributed by atoms with Crippen molar-refractivity contribution in [2.75, 3.05) is 5.33 Å². The summed E-state index contributed by atoms with van der Waals surface area (Å²) in [5.74, 6) is -0.220. The van der Waals surface area contributed by atoms with E-state index in [1.807, 2.05) is 0 Å². The molecule has 0 saturated heterocycles. The Labute approximate surface area is 114 Å². The average molecular weight is 348 g/mol. The van der Waals surface area contributed by atoms with Crippen LogP contribution in [0.1, 0.15) is 5.56 Å². The molecule has 0 aliphatic carbocycles. The Morgan fingerprint density at radius 1 is 1.41 bits per heavy atom. The molecule has 0 N–H and O–H groups in total. The molecule has 0 bridgehead atoms. The summed E-state index contributed by atoms with van der Waals surface area (Å²) in [6.07, 6.45) is -0.108. The molecule has 94 valence electrons. The third-order valence-corrected chi connectivity index (χ3v) is 3.64. The smallest absolute Gasteiger partial charge is 0.298 e. The van der Waals surface area contributed by atoms with Gasteiger partial charge >= 0.3 is 5.51 Å². The Bertz CT molecular complexity index is 423. The molecule has 0 aliphatic heterocycles. The second-order valence-corrected chi connectivity index (χ2v) is 5.19. The zero-order valence-corrected chi connectivity index (χ0v) is 11.5. The molecule has 0 saturated carbocycles. The highest BCUT2D eigenvalue weighted by Gasteiger charge is 2.31. The number of alkyl halides is 4. The number of ketones is 1. The number of hydrogen-bond donors (Lipinski definition) is 0. The topological polar surface area (TPSA) is 17.1 Å². The molecule has 1 rings (SSSR count). The monoisotopic (exact) mass is 346 g/mol. The quantitative estimate of drug-likeness (QED) is 0.591. The molecule has 0 aromatic heterocycles. The molecule has 0 unspecified atom stereocenters. The summed E-state index contributed by atoms with van der Waals surface area (Å²) in [5, 5.41) is 0.266. The molecule has 0 amide bonds. The molecule has 0 atom stereocenters. The predicted octanol–water partition coefficient (Wildman–Crippen LogP) is 4.46. The average Bonchev–Trinajstić information content (AvgIpc) is 2.20. The number of benzene rings is 1. The minimum atomic E-state index is -4.39. The van der Waals surface area contributed by atoms with E-state index in [1.165, 1.54) is 18.2 Å². The number of hydrogen-bond acceptors (Lipinski definition) is 2. The van der Waals surface area contributed by atoms with E-state index >= 15 is 0 Å². The van der Waals surface area contributed by atoms with Crippen molar-refractivity contribution in [3.05, 3.63) is 28.8 Å². The SMILES string of the molecule is O=C(CBr)Cc1c(Cl)cccc1SC(F)(F)F. The molecule has 0 radical (unpaired) electrons. The maximum atomic E-state index is 12.3. The van der Waals surface area contributed by atoms with Crippen molar-refractivity contribution in [3.63, 3.8) is 0 Å². The summed E-state index contributed by atoms with van der Waals surface area (Å²) in [6.45, 7) is 0. The van der Waals surface area contributed by atoms with Crippen molar-refractivity contribution >= 4 is 45.1 Å². The zero-order chi connectivity index (χ0) is 13.1. The molecule has 17 heavy (non-hydrogen) atoms. The van der Waals surface area contributed by atoms with Crippen LogP contribution in [0.25, 0.3) is 0 Å². The number of rotatable bonds is 4. The van der Waals surface area contributed by atoms with E-state index in [0.29, 0.717) is 0 Å². The Balaban J connectivity index is 3.04. The van der Waals surface area contributed by atoms with Crippen LogP contribution in [-0.2, 0) is 11.2 Å². The number of carbonyl (C=O) groups is 1. The van der Waals surface area contributed by atoms with Gasteiger partial charge in [0.25, 0.3) is 0 Å². The van der Waals surface area contributed by atoms with E-state index < -0.39 is 5.51 Å². The Morgan fingerprint density at radius 3 is 2.59 bits per heavy atom. The highest BCUT2D eigenvalue weighted by molar-refractivity contribution is 9.09. The third kappa shape index (κ3) is 4.89. The lowest BCUT2D eigenvalue weighted by Crippen LogP contribution is -2.07. The molecule has 0 aliphatic rings. The summed E-state index contributed by atoms with van der Waals surface area (Å²) in [4.78, 5) is 11.2. The van der Waals surface area contributed by atoms with E-state index in [0.717, 1.165) is 0 Å². The minimum absolute atomic E-state index is 0.0284. The van der Waals surface area contributed by atoms with E-state index in [4.69, 9.17) is 11.6 Å². The van der Waals surface area contributed by atoms with Gasteiger partial charge in [-0.15, -0.1) is 0 Å². The van der Waals surface area contributed by atoms with Gasteiger partial charge in [-0.1, -0.05) is 33.6 Å². The van der Waals surface area contributed by atoms with Crippen molar-refractivity contribution in [1.82, 2.24) is 0 Å². The Kier molecular flexibility index (Phi) is 5.34. The van der Waals surface area contributed by atoms with Crippen LogP contribution in [-0.4, -0.2) is 16.6 Å². The fraction of sp³-hybridized carbons (Fsp3) is 0.300. The molecular formula is C10H7BrClF3OS. The molecule has 0 spiro atoms. The lowest BCUT2D eigenvalue weighted by molar-refractivity contribution is -0.115. The molecule has 0 fully saturated rings. The number of halogens is 5. The number of Topliss-reactive ketones (excluding diaryl/α,β-unsaturated/α-hetero) is 1. The molecule has 0 heterocycles. The van der Waals surface area contributed by atoms with Gasteiger partial charge in [0.2, 0.25) is 0 Å². The van der Waals surface area contributed by atoms with Crippen LogP contribution in [0.3, 0.4) is 0 Å². The van der Waals surface area contributed by atoms with Gasteiger partial charge in [0.1, 0.15) is 5.78 Å². The van der Waals surface area contributed by atoms with Gasteiger partial charge < -0.3 is 0 Å². The first-order valence-corrected chi connectivity index (χ1v) is 6.76. The van der Waals surface area contributed by atoms with Crippen LogP contribution < -0.4 is 0 Å². The maximum Gasteiger partial charge on any atom is 0.446 e. The third-order valence-electron chi connectivity index (χ3n) is 1.82. The zero-order valence-electron chi connectivity index (χ0n) is 8.35. The van der Waals surface area contributed by atoms with Crippen molar-refractivity contribution in [2.24, 2.45) is 0 Å². The van der Waals surface area contributed by atoms with E-state index in [-0.39, 0.29) is 44.8 Å². The highest BCUT2D eigenvalue weighted by atomic mass is 79.9. The Morgan fingerprint density at radius 2 is 2.06 bits per heavy atom. The largest absolute Gasteiger partial charge is 0.446 e. The molecule has 1 aromatic rings. The van der Waals surface area contributed by atoms with Gasteiger partial charge in [0.05, 0.1) is 5.33 Å². The van der Waals surface area contributed by atoms with Crippen LogP contribution in [0.5, 0.6) is 0 Å². The van der Waals surface area contributed by atoms with Crippen LogP contribution in [0.4, 0.5) is 13.2 Å². The first-order chi connectivity index (χ1) is 7.83. The molecule has 1 aromatic carbocycles. The van der Waals surface area contributed by atoms with Gasteiger partial charge in [-0.3, -0.25) is 4.79 Å². The summed E-state index contributed by atoms with van der Waals surface area (Å²) in [5.41, 5.74) is -4.17. The first-order valence-electron chi connectivity index (χ1n) is 4.44. The predicted molar refractivity (Wildman–Crippen MR) is 65.9 cm³/mol. The summed E-state index contributed by atoms with van der Waals surface area (Å²) >= 11 is 8.51. The van der Waals surface area contributed by atoms with Crippen molar-refractivity contribution in [1.29, 1.82) is 0 Å². The minimum Gasteiger partial charge on any atom is -0.298 e. The van der Waals surface area contributed by atoms with E-state index in [9.17, 15) is 18.0 Å². The molecule has 7 heteroatoms. The van der Waals surface area contributed by atoms with Gasteiger partial charge in [-0.2, -0.15) is 13.2 Å². The van der Waals surface area contributed by atoms with Crippen LogP contribution >= 0.6 is 39.3 Å². The normalized spacial score (nSPS) is 11.6. The van der Waals surface area contributed by atoms with Crippen molar-refractivity contribution < 1.29 is 18.0 Å². The molecule has 1 nitrogen and oxygen atoms in total. The number of thioether (sulfide) groups is 1. The van der Waals surface area contributed by atoms with Crippen molar-refractivity contribution in [2.45, 2.75) is 16.8 Å². The number of carbonyl (C=O) groups excluding carboxylic acids is 1. The Hall–Kier alpha value is -0.200. The van der Waals surface area contributed by atoms with Crippen LogP contribution in [0, 0.1) is 0 Å². The standard InChI is InChI=1S/C10H7BrClF3OS/c11-5-6(16)4-7-8(12)2-1-3-9(7)17-10(13,14)15/h1-3H,4-5H2.